The van der Waals surface area contributed by atoms with Gasteiger partial charge in [-0.3, -0.25) is 0 Å². The fourth-order valence-corrected chi connectivity index (χ4v) is 6.13. The quantitative estimate of drug-likeness (QED) is 0.168. The monoisotopic (exact) mass is 562 g/mol. The number of aryl methyl sites for hydroxylation is 1. The molecular weight excluding hydrogens is 535 g/mol. The molecule has 2 atom stereocenters. The summed E-state index contributed by atoms with van der Waals surface area (Å²) in [6.45, 7) is 0. The molecule has 0 saturated heterocycles. The Labute approximate surface area is 231 Å². The molecule has 0 spiro atoms. The van der Waals surface area contributed by atoms with Crippen LogP contribution in [0.4, 0.5) is 0 Å². The van der Waals surface area contributed by atoms with Gasteiger partial charge in [-0.2, -0.15) is 0 Å². The summed E-state index contributed by atoms with van der Waals surface area (Å²) in [5, 5.41) is 0. The number of benzene rings is 3. The van der Waals surface area contributed by atoms with Crippen LogP contribution in [0.25, 0.3) is 0 Å². The molecule has 10 heteroatoms. The smallest absolute Gasteiger partial charge is 0.466 e. The molecule has 0 saturated carbocycles. The maximum absolute atomic E-state index is 14.3. The second-order valence-corrected chi connectivity index (χ2v) is 10.5. The molecule has 206 valence electrons. The summed E-state index contributed by atoms with van der Waals surface area (Å²) in [5.41, 5.74) is -0.859. The maximum Gasteiger partial charge on any atom is 0.590 e. The van der Waals surface area contributed by atoms with Crippen LogP contribution in [0.2, 0.25) is 0 Å². The van der Waals surface area contributed by atoms with E-state index in [1.54, 1.807) is 66.7 Å². The molecule has 2 bridgehead atoms. The average molecular weight is 563 g/mol. The molecule has 0 N–H and O–H groups in total. The number of hydrogen-bond acceptors (Lipinski definition) is 9. The normalized spacial score (nSPS) is 21.2. The van der Waals surface area contributed by atoms with Crippen LogP contribution in [-0.4, -0.2) is 37.5 Å². The summed E-state index contributed by atoms with van der Waals surface area (Å²) < 4.78 is 48.3. The third-order valence-corrected chi connectivity index (χ3v) is 7.87. The number of para-hydroxylation sites is 2. The number of carbonyl (C=O) groups excluding carboxylic acids is 2. The molecule has 3 aromatic carbocycles. The van der Waals surface area contributed by atoms with Gasteiger partial charge >= 0.3 is 19.8 Å². The Morgan fingerprint density at radius 2 is 1.23 bits per heavy atom. The maximum atomic E-state index is 14.3. The Kier molecular flexibility index (Phi) is 7.63. The lowest BCUT2D eigenvalue weighted by atomic mass is 9.82. The van der Waals surface area contributed by atoms with Gasteiger partial charge in [0, 0.05) is 0 Å². The van der Waals surface area contributed by atoms with Gasteiger partial charge < -0.3 is 23.3 Å². The van der Waals surface area contributed by atoms with E-state index in [0.29, 0.717) is 6.42 Å². The number of fused-ring (bicyclic) bond motifs is 2. The number of ether oxygens (including phenoxy) is 3. The van der Waals surface area contributed by atoms with E-state index in [1.807, 2.05) is 30.3 Å². The second-order valence-electron chi connectivity index (χ2n) is 9.06. The topological polar surface area (TPSA) is 107 Å². The third-order valence-electron chi connectivity index (χ3n) is 6.50. The molecular formula is C30H27O9P. The molecule has 2 aliphatic rings. The second kappa shape index (κ2) is 11.1. The lowest BCUT2D eigenvalue weighted by Gasteiger charge is -2.30. The summed E-state index contributed by atoms with van der Waals surface area (Å²) in [6, 6.07) is 26.1. The SMILES string of the molecule is COC(=O)C1=C(C(=O)OC)C2(OP(=O)(Oc3ccccc3)Oc3ccccc3)C=CC1(CCc1ccccc1)O2. The van der Waals surface area contributed by atoms with Gasteiger partial charge in [-0.15, -0.1) is 0 Å². The highest BCUT2D eigenvalue weighted by molar-refractivity contribution is 7.49. The van der Waals surface area contributed by atoms with Crippen molar-refractivity contribution in [3.63, 3.8) is 0 Å². The van der Waals surface area contributed by atoms with Crippen molar-refractivity contribution in [3.8, 4) is 11.5 Å². The molecule has 0 amide bonds. The first-order chi connectivity index (χ1) is 19.3. The van der Waals surface area contributed by atoms with E-state index in [9.17, 15) is 14.2 Å². The third kappa shape index (κ3) is 5.31. The molecule has 5 rings (SSSR count). The highest BCUT2D eigenvalue weighted by Crippen LogP contribution is 2.61. The molecule has 2 unspecified atom stereocenters. The van der Waals surface area contributed by atoms with E-state index < -0.39 is 31.1 Å². The Hall–Kier alpha value is -4.17. The minimum absolute atomic E-state index is 0.105. The molecule has 2 heterocycles. The van der Waals surface area contributed by atoms with Gasteiger partial charge in [0.1, 0.15) is 22.7 Å². The number of carbonyl (C=O) groups is 2. The first-order valence-corrected chi connectivity index (χ1v) is 13.9. The van der Waals surface area contributed by atoms with Gasteiger partial charge in [0.15, 0.2) is 0 Å². The lowest BCUT2D eigenvalue weighted by Crippen LogP contribution is -2.36. The molecule has 40 heavy (non-hydrogen) atoms. The number of esters is 2. The fourth-order valence-electron chi connectivity index (χ4n) is 4.73. The predicted molar refractivity (Wildman–Crippen MR) is 144 cm³/mol. The number of hydrogen-bond donors (Lipinski definition) is 0. The van der Waals surface area contributed by atoms with Crippen LogP contribution >= 0.6 is 7.82 Å². The van der Waals surface area contributed by atoms with Gasteiger partial charge in [0.2, 0.25) is 5.79 Å². The zero-order valence-corrected chi connectivity index (χ0v) is 22.7. The molecule has 9 nitrogen and oxygen atoms in total. The van der Waals surface area contributed by atoms with E-state index in [0.717, 1.165) is 12.7 Å². The van der Waals surface area contributed by atoms with Crippen LogP contribution in [0.3, 0.4) is 0 Å². The average Bonchev–Trinajstić information content (AvgIpc) is 3.47. The van der Waals surface area contributed by atoms with Crippen molar-refractivity contribution in [2.24, 2.45) is 0 Å². The molecule has 0 aliphatic carbocycles. The Bertz CT molecular complexity index is 1440. The molecule has 0 aromatic heterocycles. The van der Waals surface area contributed by atoms with Gasteiger partial charge in [0.05, 0.1) is 19.8 Å². The van der Waals surface area contributed by atoms with Crippen LogP contribution < -0.4 is 9.05 Å². The van der Waals surface area contributed by atoms with E-state index in [2.05, 4.69) is 0 Å². The van der Waals surface area contributed by atoms with Crippen molar-refractivity contribution in [2.75, 3.05) is 14.2 Å². The lowest BCUT2D eigenvalue weighted by molar-refractivity contribution is -0.159. The van der Waals surface area contributed by atoms with Gasteiger partial charge in [-0.25, -0.2) is 18.7 Å². The summed E-state index contributed by atoms with van der Waals surface area (Å²) in [7, 11) is -2.25. The van der Waals surface area contributed by atoms with Crippen LogP contribution in [0.15, 0.2) is 114 Å². The van der Waals surface area contributed by atoms with Crippen molar-refractivity contribution < 1.29 is 41.9 Å². The highest BCUT2D eigenvalue weighted by Gasteiger charge is 2.66. The highest BCUT2D eigenvalue weighted by atomic mass is 31.2. The zero-order chi connectivity index (χ0) is 28.2. The van der Waals surface area contributed by atoms with E-state index in [1.165, 1.54) is 13.2 Å². The minimum Gasteiger partial charge on any atom is -0.466 e. The van der Waals surface area contributed by atoms with Gasteiger partial charge in [-0.1, -0.05) is 66.7 Å². The molecule has 2 aliphatic heterocycles. The largest absolute Gasteiger partial charge is 0.590 e. The number of methoxy groups -OCH3 is 2. The van der Waals surface area contributed by atoms with E-state index in [-0.39, 0.29) is 29.1 Å². The summed E-state index contributed by atoms with van der Waals surface area (Å²) in [4.78, 5) is 26.4. The first-order valence-electron chi connectivity index (χ1n) is 12.5. The zero-order valence-electron chi connectivity index (χ0n) is 21.9. The van der Waals surface area contributed by atoms with Crippen LogP contribution in [-0.2, 0) is 39.3 Å². The van der Waals surface area contributed by atoms with Gasteiger partial charge in [-0.05, 0) is 54.8 Å². The molecule has 3 aromatic rings. The molecule has 0 radical (unpaired) electrons. The minimum atomic E-state index is -4.60. The number of phosphoric ester groups is 1. The molecule has 0 fully saturated rings. The van der Waals surface area contributed by atoms with Crippen LogP contribution in [0.5, 0.6) is 11.5 Å². The van der Waals surface area contributed by atoms with Crippen molar-refractivity contribution in [2.45, 2.75) is 24.2 Å². The van der Waals surface area contributed by atoms with Crippen molar-refractivity contribution >= 4 is 19.8 Å². The van der Waals surface area contributed by atoms with Gasteiger partial charge in [0.25, 0.3) is 0 Å². The summed E-state index contributed by atoms with van der Waals surface area (Å²) in [5.74, 6) is -3.49. The van der Waals surface area contributed by atoms with E-state index in [4.69, 9.17) is 27.8 Å². The Balaban J connectivity index is 1.58. The van der Waals surface area contributed by atoms with E-state index >= 15 is 0 Å². The van der Waals surface area contributed by atoms with Crippen molar-refractivity contribution in [1.29, 1.82) is 0 Å². The summed E-state index contributed by atoms with van der Waals surface area (Å²) >= 11 is 0. The number of phosphoric acid groups is 1. The predicted octanol–water partition coefficient (Wildman–Crippen LogP) is 5.58. The van der Waals surface area contributed by atoms with Crippen LogP contribution in [0.1, 0.15) is 12.0 Å². The number of rotatable bonds is 11. The first kappa shape index (κ1) is 27.4. The van der Waals surface area contributed by atoms with Crippen molar-refractivity contribution in [3.05, 3.63) is 120 Å². The Morgan fingerprint density at radius 3 is 1.75 bits per heavy atom. The standard InChI is InChI=1S/C30H27O9P/c1-34-27(31)25-26(28(32)35-2)30(21-20-29(25,38-30)19-18-22-12-6-3-7-13-22)39-40(33,36-23-14-8-4-9-15-23)37-24-16-10-5-11-17-24/h3-17,20-21H,18-19H2,1-2H3. The fraction of sp³-hybridized carbons (Fsp3) is 0.200. The van der Waals surface area contributed by atoms with Crippen molar-refractivity contribution in [1.82, 2.24) is 0 Å². The summed E-state index contributed by atoms with van der Waals surface area (Å²) in [6.07, 6.45) is 3.75. The Morgan fingerprint density at radius 1 is 0.725 bits per heavy atom. The van der Waals surface area contributed by atoms with Crippen LogP contribution in [0, 0.1) is 0 Å².